The number of H-pyrrole nitrogens is 2. The number of nitriles is 1. The lowest BCUT2D eigenvalue weighted by Crippen LogP contribution is -2.13. The number of allylic oxidation sites excluding steroid dienone is 1. The normalized spacial score (nSPS) is 11.5. The molecule has 0 atom stereocenters. The summed E-state index contributed by atoms with van der Waals surface area (Å²) in [6, 6.07) is 22.3. The molecule has 0 bridgehead atoms. The summed E-state index contributed by atoms with van der Waals surface area (Å²) in [7, 11) is 1.54. The largest absolute Gasteiger partial charge is 0.493 e. The van der Waals surface area contributed by atoms with Crippen LogP contribution in [0.2, 0.25) is 0 Å². The molecule has 34 heavy (non-hydrogen) atoms. The summed E-state index contributed by atoms with van der Waals surface area (Å²) in [6.45, 7) is 0.0635. The molecule has 166 valence electrons. The highest BCUT2D eigenvalue weighted by molar-refractivity contribution is 5.90. The highest BCUT2D eigenvalue weighted by Crippen LogP contribution is 2.30. The van der Waals surface area contributed by atoms with Gasteiger partial charge in [0.25, 0.3) is 5.56 Å². The number of nitrogens with one attached hydrogen (secondary N) is 2. The predicted molar refractivity (Wildman–Crippen MR) is 129 cm³/mol. The first-order chi connectivity index (χ1) is 16.6. The van der Waals surface area contributed by atoms with Crippen molar-refractivity contribution < 1.29 is 9.47 Å². The average Bonchev–Trinajstić information content (AvgIpc) is 3.30. The van der Waals surface area contributed by atoms with Crippen LogP contribution in [0.5, 0.6) is 11.5 Å². The molecule has 0 unspecified atom stereocenters. The lowest BCUT2D eigenvalue weighted by atomic mass is 10.1. The van der Waals surface area contributed by atoms with Gasteiger partial charge in [0, 0.05) is 0 Å². The second kappa shape index (κ2) is 8.92. The molecule has 8 nitrogen and oxygen atoms in total. The minimum absolute atomic E-state index is 0.0635. The Hall–Kier alpha value is -4.90. The molecule has 0 amide bonds. The molecule has 0 radical (unpaired) electrons. The smallest absolute Gasteiger partial charge is 0.258 e. The molecule has 0 saturated carbocycles. The van der Waals surface area contributed by atoms with Gasteiger partial charge in [-0.15, -0.1) is 0 Å². The molecule has 0 aliphatic heterocycles. The van der Waals surface area contributed by atoms with E-state index >= 15 is 0 Å². The van der Waals surface area contributed by atoms with Gasteiger partial charge in [0.15, 0.2) is 11.5 Å². The number of methoxy groups -OCH3 is 1. The number of hydrogen-bond donors (Lipinski definition) is 2. The summed E-state index contributed by atoms with van der Waals surface area (Å²) in [5.74, 6) is 1.87. The molecule has 0 spiro atoms. The Morgan fingerprint density at radius 3 is 2.59 bits per heavy atom. The van der Waals surface area contributed by atoms with Gasteiger partial charge in [-0.2, -0.15) is 5.26 Å². The second-order valence-electron chi connectivity index (χ2n) is 7.50. The van der Waals surface area contributed by atoms with Crippen molar-refractivity contribution in [1.82, 2.24) is 19.9 Å². The van der Waals surface area contributed by atoms with Crippen LogP contribution in [0.3, 0.4) is 0 Å². The summed E-state index contributed by atoms with van der Waals surface area (Å²) >= 11 is 0. The van der Waals surface area contributed by atoms with Crippen molar-refractivity contribution >= 4 is 33.6 Å². The van der Waals surface area contributed by atoms with Gasteiger partial charge in [0.2, 0.25) is 0 Å². The quantitative estimate of drug-likeness (QED) is 0.370. The van der Waals surface area contributed by atoms with Crippen molar-refractivity contribution in [2.24, 2.45) is 0 Å². The monoisotopic (exact) mass is 449 g/mol. The average molecular weight is 449 g/mol. The third-order valence-electron chi connectivity index (χ3n) is 5.29. The Kier molecular flexibility index (Phi) is 5.50. The molecule has 0 aliphatic carbocycles. The molecule has 8 heteroatoms. The van der Waals surface area contributed by atoms with E-state index in [1.165, 1.54) is 7.11 Å². The fourth-order valence-corrected chi connectivity index (χ4v) is 3.64. The van der Waals surface area contributed by atoms with E-state index in [2.05, 4.69) is 26.0 Å². The first-order valence-electron chi connectivity index (χ1n) is 10.5. The van der Waals surface area contributed by atoms with Crippen LogP contribution in [-0.4, -0.2) is 27.0 Å². The first kappa shape index (κ1) is 21.0. The fourth-order valence-electron chi connectivity index (χ4n) is 3.64. The van der Waals surface area contributed by atoms with E-state index in [4.69, 9.17) is 9.47 Å². The Balaban J connectivity index is 1.39. The first-order valence-corrected chi connectivity index (χ1v) is 10.5. The number of hydrogen-bond acceptors (Lipinski definition) is 6. The Morgan fingerprint density at radius 2 is 1.79 bits per heavy atom. The lowest BCUT2D eigenvalue weighted by Gasteiger charge is -2.11. The van der Waals surface area contributed by atoms with Crippen LogP contribution in [0.15, 0.2) is 71.5 Å². The molecule has 0 saturated heterocycles. The van der Waals surface area contributed by atoms with Gasteiger partial charge in [0.1, 0.15) is 24.3 Å². The summed E-state index contributed by atoms with van der Waals surface area (Å²) in [4.78, 5) is 27.1. The van der Waals surface area contributed by atoms with Crippen LogP contribution < -0.4 is 15.0 Å². The third-order valence-corrected chi connectivity index (χ3v) is 5.29. The van der Waals surface area contributed by atoms with Crippen molar-refractivity contribution in [2.75, 3.05) is 7.11 Å². The van der Waals surface area contributed by atoms with E-state index in [-0.39, 0.29) is 12.2 Å². The fraction of sp³-hybridized carbons (Fsp3) is 0.0769. The maximum Gasteiger partial charge on any atom is 0.258 e. The summed E-state index contributed by atoms with van der Waals surface area (Å²) < 4.78 is 11.4. The number of benzene rings is 3. The van der Waals surface area contributed by atoms with Crippen molar-refractivity contribution in [3.63, 3.8) is 0 Å². The van der Waals surface area contributed by atoms with Crippen molar-refractivity contribution in [2.45, 2.75) is 6.61 Å². The maximum absolute atomic E-state index is 12.3. The Bertz CT molecular complexity index is 1610. The highest BCUT2D eigenvalue weighted by Gasteiger charge is 2.11. The zero-order valence-electron chi connectivity index (χ0n) is 18.2. The van der Waals surface area contributed by atoms with Crippen LogP contribution >= 0.6 is 0 Å². The number of nitrogens with zero attached hydrogens (tertiary/aromatic N) is 3. The van der Waals surface area contributed by atoms with E-state index in [0.29, 0.717) is 39.6 Å². The molecule has 5 rings (SSSR count). The predicted octanol–water partition coefficient (Wildman–Crippen LogP) is 4.45. The molecular formula is C26H19N5O3. The van der Waals surface area contributed by atoms with Gasteiger partial charge < -0.3 is 19.4 Å². The number of rotatable bonds is 6. The molecule has 2 N–H and O–H groups in total. The maximum atomic E-state index is 12.3. The molecule has 2 heterocycles. The number of aromatic amines is 2. The Labute approximate surface area is 194 Å². The van der Waals surface area contributed by atoms with E-state index in [1.807, 2.05) is 36.4 Å². The molecule has 0 aliphatic rings. The van der Waals surface area contributed by atoms with Gasteiger partial charge >= 0.3 is 0 Å². The van der Waals surface area contributed by atoms with Gasteiger partial charge in [-0.05, 0) is 48.0 Å². The zero-order valence-corrected chi connectivity index (χ0v) is 18.2. The highest BCUT2D eigenvalue weighted by atomic mass is 16.5. The van der Waals surface area contributed by atoms with Crippen LogP contribution in [0, 0.1) is 11.3 Å². The number of para-hydroxylation sites is 3. The van der Waals surface area contributed by atoms with E-state index in [0.717, 1.165) is 16.6 Å². The van der Waals surface area contributed by atoms with E-state index < -0.39 is 0 Å². The Morgan fingerprint density at radius 1 is 1.00 bits per heavy atom. The van der Waals surface area contributed by atoms with Gasteiger partial charge in [-0.3, -0.25) is 4.79 Å². The minimum atomic E-state index is -0.216. The van der Waals surface area contributed by atoms with Crippen molar-refractivity contribution in [3.8, 4) is 17.6 Å². The number of fused-ring (bicyclic) bond motifs is 2. The van der Waals surface area contributed by atoms with Crippen LogP contribution in [0.1, 0.15) is 17.2 Å². The summed E-state index contributed by atoms with van der Waals surface area (Å²) in [6.07, 6.45) is 1.73. The standard InChI is InChI=1S/C26H19N5O3/c1-33-23-13-16(12-17(14-27)25-29-20-8-4-5-9-21(20)30-25)10-11-22(23)34-15-24-28-19-7-3-2-6-18(19)26(32)31-24/h2-13H,15H2,1H3,(H,29,30)(H,28,31,32). The van der Waals surface area contributed by atoms with Crippen LogP contribution in [0.25, 0.3) is 33.6 Å². The van der Waals surface area contributed by atoms with E-state index in [1.54, 1.807) is 36.4 Å². The molecule has 3 aromatic carbocycles. The van der Waals surface area contributed by atoms with Gasteiger partial charge in [-0.25, -0.2) is 9.97 Å². The van der Waals surface area contributed by atoms with Crippen molar-refractivity contribution in [3.05, 3.63) is 94.3 Å². The van der Waals surface area contributed by atoms with E-state index in [9.17, 15) is 10.1 Å². The van der Waals surface area contributed by atoms with Gasteiger partial charge in [0.05, 0.1) is 34.6 Å². The van der Waals surface area contributed by atoms with Crippen molar-refractivity contribution in [1.29, 1.82) is 5.26 Å². The minimum Gasteiger partial charge on any atom is -0.493 e. The number of imidazole rings is 1. The topological polar surface area (TPSA) is 117 Å². The SMILES string of the molecule is COc1cc(C=C(C#N)c2nc3ccccc3[nH]2)ccc1OCc1nc2ccccc2c(=O)[nH]1. The molecule has 5 aromatic rings. The van der Waals surface area contributed by atoms with Crippen LogP contribution in [0.4, 0.5) is 0 Å². The molecule has 0 fully saturated rings. The second-order valence-corrected chi connectivity index (χ2v) is 7.50. The van der Waals surface area contributed by atoms with Crippen LogP contribution in [-0.2, 0) is 6.61 Å². The third kappa shape index (κ3) is 4.10. The summed E-state index contributed by atoms with van der Waals surface area (Å²) in [5, 5.41) is 10.2. The van der Waals surface area contributed by atoms with Gasteiger partial charge in [-0.1, -0.05) is 30.3 Å². The number of ether oxygens (including phenoxy) is 2. The lowest BCUT2D eigenvalue weighted by molar-refractivity contribution is 0.276. The summed E-state index contributed by atoms with van der Waals surface area (Å²) in [5.41, 5.74) is 3.18. The number of aromatic nitrogens is 4. The molecule has 2 aromatic heterocycles. The zero-order chi connectivity index (χ0) is 23.5. The molecular weight excluding hydrogens is 430 g/mol.